The summed E-state index contributed by atoms with van der Waals surface area (Å²) < 4.78 is 15.0. The molecule has 1 fully saturated rings. The van der Waals surface area contributed by atoms with Crippen molar-refractivity contribution in [2.75, 3.05) is 6.54 Å². The standard InChI is InChI=1S/C18H21FN4O4/c19-14-6-5-12(23-17(26)22-15(24)10-21-23)9-13(14)16(25)20-11-18(27)7-3-1-2-4-8-18/h5-6,9-10,27H,1-4,7-8,11H2,(H,20,25)(H,22,24,26). The van der Waals surface area contributed by atoms with Gasteiger partial charge in [-0.15, -0.1) is 0 Å². The fraction of sp³-hybridized carbons (Fsp3) is 0.444. The number of benzene rings is 1. The number of hydrogen-bond acceptors (Lipinski definition) is 5. The van der Waals surface area contributed by atoms with Crippen LogP contribution in [0.3, 0.4) is 0 Å². The number of rotatable bonds is 4. The molecule has 0 saturated heterocycles. The molecule has 1 saturated carbocycles. The smallest absolute Gasteiger partial charge is 0.349 e. The summed E-state index contributed by atoms with van der Waals surface area (Å²) in [4.78, 5) is 37.4. The Kier molecular flexibility index (Phi) is 5.50. The number of H-pyrrole nitrogens is 1. The first-order chi connectivity index (χ1) is 12.9. The highest BCUT2D eigenvalue weighted by Crippen LogP contribution is 2.26. The summed E-state index contributed by atoms with van der Waals surface area (Å²) in [7, 11) is 0. The predicted molar refractivity (Wildman–Crippen MR) is 95.4 cm³/mol. The van der Waals surface area contributed by atoms with Crippen LogP contribution >= 0.6 is 0 Å². The van der Waals surface area contributed by atoms with Gasteiger partial charge >= 0.3 is 5.69 Å². The van der Waals surface area contributed by atoms with Gasteiger partial charge in [0.1, 0.15) is 12.0 Å². The second-order valence-electron chi connectivity index (χ2n) is 6.84. The van der Waals surface area contributed by atoms with Crippen molar-refractivity contribution < 1.29 is 14.3 Å². The van der Waals surface area contributed by atoms with Crippen LogP contribution in [0.1, 0.15) is 48.9 Å². The van der Waals surface area contributed by atoms with Gasteiger partial charge in [-0.25, -0.2) is 9.18 Å². The summed E-state index contributed by atoms with van der Waals surface area (Å²) in [5.74, 6) is -1.45. The van der Waals surface area contributed by atoms with Crippen molar-refractivity contribution in [3.8, 4) is 5.69 Å². The molecule has 2 aromatic rings. The van der Waals surface area contributed by atoms with Gasteiger partial charge in [0.2, 0.25) is 0 Å². The number of aromatic nitrogens is 3. The first kappa shape index (κ1) is 19.0. The third-order valence-corrected chi connectivity index (χ3v) is 4.76. The fourth-order valence-electron chi connectivity index (χ4n) is 3.26. The van der Waals surface area contributed by atoms with E-state index in [4.69, 9.17) is 0 Å². The van der Waals surface area contributed by atoms with Crippen molar-refractivity contribution in [3.05, 3.63) is 56.6 Å². The van der Waals surface area contributed by atoms with E-state index in [1.807, 2.05) is 4.98 Å². The van der Waals surface area contributed by atoms with Gasteiger partial charge in [-0.2, -0.15) is 9.78 Å². The van der Waals surface area contributed by atoms with Crippen LogP contribution in [0, 0.1) is 5.82 Å². The van der Waals surface area contributed by atoms with Gasteiger partial charge in [-0.3, -0.25) is 14.6 Å². The largest absolute Gasteiger partial charge is 0.388 e. The molecule has 3 rings (SSSR count). The van der Waals surface area contributed by atoms with E-state index >= 15 is 0 Å². The monoisotopic (exact) mass is 376 g/mol. The molecule has 0 bridgehead atoms. The number of aliphatic hydroxyl groups is 1. The molecule has 0 aliphatic heterocycles. The fourth-order valence-corrected chi connectivity index (χ4v) is 3.26. The maximum absolute atomic E-state index is 14.1. The molecule has 0 spiro atoms. The zero-order valence-electron chi connectivity index (χ0n) is 14.7. The van der Waals surface area contributed by atoms with E-state index in [0.717, 1.165) is 42.6 Å². The summed E-state index contributed by atoms with van der Waals surface area (Å²) in [6.07, 6.45) is 5.96. The molecule has 1 heterocycles. The molecular weight excluding hydrogens is 355 g/mol. The minimum atomic E-state index is -0.988. The zero-order chi connectivity index (χ0) is 19.4. The van der Waals surface area contributed by atoms with E-state index in [0.29, 0.717) is 12.8 Å². The number of aromatic amines is 1. The van der Waals surface area contributed by atoms with Crippen molar-refractivity contribution in [1.82, 2.24) is 20.1 Å². The predicted octanol–water partition coefficient (Wildman–Crippen LogP) is 0.875. The average Bonchev–Trinajstić information content (AvgIpc) is 2.85. The molecular formula is C18H21FN4O4. The number of carbonyl (C=O) groups is 1. The minimum Gasteiger partial charge on any atom is -0.388 e. The van der Waals surface area contributed by atoms with Gasteiger partial charge in [-0.1, -0.05) is 25.7 Å². The highest BCUT2D eigenvalue weighted by molar-refractivity contribution is 5.95. The number of amides is 1. The highest BCUT2D eigenvalue weighted by atomic mass is 19.1. The Bertz CT molecular complexity index is 945. The lowest BCUT2D eigenvalue weighted by Gasteiger charge is -2.26. The van der Waals surface area contributed by atoms with Crippen LogP contribution in [0.2, 0.25) is 0 Å². The van der Waals surface area contributed by atoms with E-state index in [1.54, 1.807) is 0 Å². The molecule has 0 unspecified atom stereocenters. The molecule has 3 N–H and O–H groups in total. The molecule has 0 radical (unpaired) electrons. The molecule has 1 aromatic carbocycles. The third-order valence-electron chi connectivity index (χ3n) is 4.76. The molecule has 1 amide bonds. The molecule has 144 valence electrons. The third kappa shape index (κ3) is 4.48. The van der Waals surface area contributed by atoms with Crippen LogP contribution in [0.4, 0.5) is 4.39 Å². The molecule has 27 heavy (non-hydrogen) atoms. The van der Waals surface area contributed by atoms with Gasteiger partial charge in [0.25, 0.3) is 11.5 Å². The maximum Gasteiger partial charge on any atom is 0.349 e. The average molecular weight is 376 g/mol. The maximum atomic E-state index is 14.1. The van der Waals surface area contributed by atoms with E-state index in [9.17, 15) is 23.9 Å². The minimum absolute atomic E-state index is 0.0341. The number of hydrogen-bond donors (Lipinski definition) is 3. The Hall–Kier alpha value is -2.81. The van der Waals surface area contributed by atoms with Crippen LogP contribution in [-0.2, 0) is 0 Å². The quantitative estimate of drug-likeness (QED) is 0.685. The van der Waals surface area contributed by atoms with Crippen LogP contribution < -0.4 is 16.6 Å². The van der Waals surface area contributed by atoms with E-state index in [1.165, 1.54) is 12.1 Å². The number of carbonyl (C=O) groups excluding carboxylic acids is 1. The summed E-state index contributed by atoms with van der Waals surface area (Å²) in [6, 6.07) is 3.50. The van der Waals surface area contributed by atoms with E-state index in [-0.39, 0.29) is 17.8 Å². The second-order valence-corrected chi connectivity index (χ2v) is 6.84. The van der Waals surface area contributed by atoms with Gasteiger partial charge in [0, 0.05) is 6.54 Å². The molecule has 9 heteroatoms. The Labute approximate surface area is 154 Å². The molecule has 1 aromatic heterocycles. The lowest BCUT2D eigenvalue weighted by atomic mass is 9.94. The van der Waals surface area contributed by atoms with Gasteiger partial charge in [0.15, 0.2) is 0 Å². The normalized spacial score (nSPS) is 16.5. The molecule has 1 aliphatic rings. The summed E-state index contributed by atoms with van der Waals surface area (Å²) in [5, 5.41) is 16.9. The van der Waals surface area contributed by atoms with E-state index in [2.05, 4.69) is 10.4 Å². The van der Waals surface area contributed by atoms with Crippen molar-refractivity contribution in [2.45, 2.75) is 44.1 Å². The van der Waals surface area contributed by atoms with E-state index < -0.39 is 28.6 Å². The summed E-state index contributed by atoms with van der Waals surface area (Å²) >= 11 is 0. The summed E-state index contributed by atoms with van der Waals surface area (Å²) in [5.41, 5.74) is -2.58. The lowest BCUT2D eigenvalue weighted by molar-refractivity contribution is 0.0246. The van der Waals surface area contributed by atoms with Gasteiger partial charge in [-0.05, 0) is 31.0 Å². The lowest BCUT2D eigenvalue weighted by Crippen LogP contribution is -2.42. The van der Waals surface area contributed by atoms with Crippen molar-refractivity contribution in [2.24, 2.45) is 0 Å². The molecule has 1 aliphatic carbocycles. The summed E-state index contributed by atoms with van der Waals surface area (Å²) in [6.45, 7) is 0.0341. The van der Waals surface area contributed by atoms with Crippen LogP contribution in [0.5, 0.6) is 0 Å². The van der Waals surface area contributed by atoms with Crippen molar-refractivity contribution in [3.63, 3.8) is 0 Å². The van der Waals surface area contributed by atoms with Crippen LogP contribution in [-0.4, -0.2) is 37.9 Å². The zero-order valence-corrected chi connectivity index (χ0v) is 14.7. The van der Waals surface area contributed by atoms with Gasteiger partial charge < -0.3 is 10.4 Å². The first-order valence-corrected chi connectivity index (χ1v) is 8.87. The topological polar surface area (TPSA) is 117 Å². The Balaban J connectivity index is 1.80. The molecule has 8 nitrogen and oxygen atoms in total. The van der Waals surface area contributed by atoms with Crippen LogP contribution in [0.25, 0.3) is 5.69 Å². The second kappa shape index (κ2) is 7.83. The highest BCUT2D eigenvalue weighted by Gasteiger charge is 2.29. The van der Waals surface area contributed by atoms with Crippen molar-refractivity contribution >= 4 is 5.91 Å². The number of nitrogens with one attached hydrogen (secondary N) is 2. The van der Waals surface area contributed by atoms with Gasteiger partial charge in [0.05, 0.1) is 16.9 Å². The Morgan fingerprint density at radius 1 is 1.26 bits per heavy atom. The Morgan fingerprint density at radius 3 is 2.63 bits per heavy atom. The molecule has 0 atom stereocenters. The SMILES string of the molecule is O=C(NCC1(O)CCCCCC1)c1cc(-n2ncc(=O)[nH]c2=O)ccc1F. The Morgan fingerprint density at radius 2 is 1.96 bits per heavy atom. The number of halogens is 1. The first-order valence-electron chi connectivity index (χ1n) is 8.87. The van der Waals surface area contributed by atoms with Crippen molar-refractivity contribution in [1.29, 1.82) is 0 Å². The van der Waals surface area contributed by atoms with Crippen LogP contribution in [0.15, 0.2) is 34.0 Å². The number of nitrogens with zero attached hydrogens (tertiary/aromatic N) is 2.